The number of nitrogens with zero attached hydrogens (tertiary/aromatic N) is 2. The zero-order valence-corrected chi connectivity index (χ0v) is 10.9. The van der Waals surface area contributed by atoms with Gasteiger partial charge in [0.25, 0.3) is 0 Å². The average Bonchev–Trinajstić information content (AvgIpc) is 2.36. The summed E-state index contributed by atoms with van der Waals surface area (Å²) in [6.07, 6.45) is 0. The molecule has 1 aromatic heterocycles. The van der Waals surface area contributed by atoms with Crippen molar-refractivity contribution in [3.63, 3.8) is 0 Å². The Morgan fingerprint density at radius 2 is 2.11 bits per heavy atom. The van der Waals surface area contributed by atoms with Crippen LogP contribution in [-0.4, -0.2) is 4.98 Å². The standard InChI is InChI=1S/C15H14FN3/c1-10-6-15(14(8-17)11(2)19-10)18-9-12-4-3-5-13(16)7-12/h3-7H,9H2,1-2H3,(H,18,19). The number of nitriles is 1. The number of halogens is 1. The molecular weight excluding hydrogens is 241 g/mol. The molecule has 0 aliphatic heterocycles. The van der Waals surface area contributed by atoms with Gasteiger partial charge in [0.1, 0.15) is 11.9 Å². The van der Waals surface area contributed by atoms with Gasteiger partial charge in [0.05, 0.1) is 16.9 Å². The van der Waals surface area contributed by atoms with Crippen molar-refractivity contribution in [2.75, 3.05) is 5.32 Å². The minimum Gasteiger partial charge on any atom is -0.380 e. The largest absolute Gasteiger partial charge is 0.380 e. The quantitative estimate of drug-likeness (QED) is 0.915. The van der Waals surface area contributed by atoms with Crippen molar-refractivity contribution in [1.29, 1.82) is 5.26 Å². The van der Waals surface area contributed by atoms with E-state index in [0.29, 0.717) is 17.8 Å². The number of benzene rings is 1. The van der Waals surface area contributed by atoms with Crippen LogP contribution < -0.4 is 5.32 Å². The summed E-state index contributed by atoms with van der Waals surface area (Å²) in [5, 5.41) is 12.3. The van der Waals surface area contributed by atoms with Crippen LogP contribution in [0.2, 0.25) is 0 Å². The summed E-state index contributed by atoms with van der Waals surface area (Å²) in [6, 6.07) is 10.3. The van der Waals surface area contributed by atoms with Gasteiger partial charge in [-0.05, 0) is 37.6 Å². The molecule has 3 nitrogen and oxygen atoms in total. The molecule has 1 heterocycles. The SMILES string of the molecule is Cc1cc(NCc2cccc(F)c2)c(C#N)c(C)n1. The van der Waals surface area contributed by atoms with Crippen LogP contribution in [0.4, 0.5) is 10.1 Å². The molecule has 0 atom stereocenters. The highest BCUT2D eigenvalue weighted by Crippen LogP contribution is 2.19. The van der Waals surface area contributed by atoms with Crippen molar-refractivity contribution in [2.24, 2.45) is 0 Å². The maximum Gasteiger partial charge on any atom is 0.123 e. The number of hydrogen-bond donors (Lipinski definition) is 1. The molecule has 0 radical (unpaired) electrons. The van der Waals surface area contributed by atoms with Crippen molar-refractivity contribution in [2.45, 2.75) is 20.4 Å². The van der Waals surface area contributed by atoms with E-state index in [4.69, 9.17) is 5.26 Å². The van der Waals surface area contributed by atoms with E-state index >= 15 is 0 Å². The molecule has 96 valence electrons. The fourth-order valence-electron chi connectivity index (χ4n) is 1.95. The molecule has 0 saturated carbocycles. The van der Waals surface area contributed by atoms with Gasteiger partial charge in [-0.2, -0.15) is 5.26 Å². The van der Waals surface area contributed by atoms with Crippen LogP contribution in [-0.2, 0) is 6.54 Å². The Morgan fingerprint density at radius 3 is 2.79 bits per heavy atom. The predicted octanol–water partition coefficient (Wildman–Crippen LogP) is 3.32. The topological polar surface area (TPSA) is 48.7 Å². The van der Waals surface area contributed by atoms with E-state index in [1.807, 2.05) is 19.1 Å². The van der Waals surface area contributed by atoms with Gasteiger partial charge in [-0.1, -0.05) is 12.1 Å². The molecule has 0 amide bonds. The normalized spacial score (nSPS) is 10.0. The monoisotopic (exact) mass is 255 g/mol. The maximum absolute atomic E-state index is 13.1. The number of aromatic nitrogens is 1. The van der Waals surface area contributed by atoms with Gasteiger partial charge >= 0.3 is 0 Å². The van der Waals surface area contributed by atoms with Crippen molar-refractivity contribution < 1.29 is 4.39 Å². The number of nitrogens with one attached hydrogen (secondary N) is 1. The summed E-state index contributed by atoms with van der Waals surface area (Å²) < 4.78 is 13.1. The Labute approximate surface area is 111 Å². The van der Waals surface area contributed by atoms with E-state index in [0.717, 1.165) is 16.9 Å². The Morgan fingerprint density at radius 1 is 1.32 bits per heavy atom. The van der Waals surface area contributed by atoms with E-state index < -0.39 is 0 Å². The van der Waals surface area contributed by atoms with Crippen LogP contribution in [0.3, 0.4) is 0 Å². The fraction of sp³-hybridized carbons (Fsp3) is 0.200. The molecule has 0 fully saturated rings. The summed E-state index contributed by atoms with van der Waals surface area (Å²) in [6.45, 7) is 4.15. The lowest BCUT2D eigenvalue weighted by Gasteiger charge is -2.11. The number of rotatable bonds is 3. The van der Waals surface area contributed by atoms with Crippen LogP contribution in [0.15, 0.2) is 30.3 Å². The highest BCUT2D eigenvalue weighted by Gasteiger charge is 2.07. The van der Waals surface area contributed by atoms with Gasteiger partial charge < -0.3 is 5.32 Å². The van der Waals surface area contributed by atoms with E-state index in [1.54, 1.807) is 13.0 Å². The predicted molar refractivity (Wildman–Crippen MR) is 72.2 cm³/mol. The molecule has 0 bridgehead atoms. The second-order valence-electron chi connectivity index (χ2n) is 4.37. The van der Waals surface area contributed by atoms with E-state index in [1.165, 1.54) is 12.1 Å². The van der Waals surface area contributed by atoms with Crippen molar-refractivity contribution >= 4 is 5.69 Å². The summed E-state index contributed by atoms with van der Waals surface area (Å²) in [4.78, 5) is 4.25. The highest BCUT2D eigenvalue weighted by molar-refractivity contribution is 5.59. The van der Waals surface area contributed by atoms with Crippen LogP contribution in [0.1, 0.15) is 22.5 Å². The lowest BCUT2D eigenvalue weighted by atomic mass is 10.1. The molecular formula is C15H14FN3. The first-order valence-electron chi connectivity index (χ1n) is 5.97. The summed E-state index contributed by atoms with van der Waals surface area (Å²) in [5.41, 5.74) is 3.64. The third-order valence-corrected chi connectivity index (χ3v) is 2.81. The second kappa shape index (κ2) is 5.49. The average molecular weight is 255 g/mol. The second-order valence-corrected chi connectivity index (χ2v) is 4.37. The Balaban J connectivity index is 2.22. The minimum absolute atomic E-state index is 0.262. The molecule has 1 N–H and O–H groups in total. The minimum atomic E-state index is -0.262. The summed E-state index contributed by atoms with van der Waals surface area (Å²) in [5.74, 6) is -0.262. The number of pyridine rings is 1. The molecule has 0 aliphatic rings. The molecule has 4 heteroatoms. The molecule has 19 heavy (non-hydrogen) atoms. The van der Waals surface area contributed by atoms with E-state index in [9.17, 15) is 4.39 Å². The first-order valence-corrected chi connectivity index (χ1v) is 5.97. The van der Waals surface area contributed by atoms with Crippen molar-refractivity contribution in [3.8, 4) is 6.07 Å². The van der Waals surface area contributed by atoms with Crippen LogP contribution in [0, 0.1) is 31.0 Å². The molecule has 2 aromatic rings. The third kappa shape index (κ3) is 3.08. The highest BCUT2D eigenvalue weighted by atomic mass is 19.1. The molecule has 2 rings (SSSR count). The number of aryl methyl sites for hydroxylation is 2. The van der Waals surface area contributed by atoms with E-state index in [2.05, 4.69) is 16.4 Å². The molecule has 1 aromatic carbocycles. The van der Waals surface area contributed by atoms with E-state index in [-0.39, 0.29) is 5.82 Å². The Kier molecular flexibility index (Phi) is 3.76. The summed E-state index contributed by atoms with van der Waals surface area (Å²) in [7, 11) is 0. The van der Waals surface area contributed by atoms with Gasteiger partial charge in [0, 0.05) is 12.2 Å². The van der Waals surface area contributed by atoms with Gasteiger partial charge in [0.15, 0.2) is 0 Å². The Bertz CT molecular complexity index is 644. The molecule has 0 unspecified atom stereocenters. The Hall–Kier alpha value is -2.41. The lowest BCUT2D eigenvalue weighted by Crippen LogP contribution is -2.04. The molecule has 0 aliphatic carbocycles. The van der Waals surface area contributed by atoms with Crippen LogP contribution >= 0.6 is 0 Å². The lowest BCUT2D eigenvalue weighted by molar-refractivity contribution is 0.626. The van der Waals surface area contributed by atoms with Crippen molar-refractivity contribution in [3.05, 3.63) is 58.7 Å². The molecule has 0 saturated heterocycles. The zero-order chi connectivity index (χ0) is 13.8. The zero-order valence-electron chi connectivity index (χ0n) is 10.9. The fourth-order valence-corrected chi connectivity index (χ4v) is 1.95. The first-order chi connectivity index (χ1) is 9.10. The van der Waals surface area contributed by atoms with Crippen molar-refractivity contribution in [1.82, 2.24) is 4.98 Å². The maximum atomic E-state index is 13.1. The number of anilines is 1. The summed E-state index contributed by atoms with van der Waals surface area (Å²) >= 11 is 0. The smallest absolute Gasteiger partial charge is 0.123 e. The van der Waals surface area contributed by atoms with Gasteiger partial charge in [0.2, 0.25) is 0 Å². The van der Waals surface area contributed by atoms with Gasteiger partial charge in [-0.3, -0.25) is 4.98 Å². The molecule has 0 spiro atoms. The van der Waals surface area contributed by atoms with Crippen LogP contribution in [0.25, 0.3) is 0 Å². The number of hydrogen-bond acceptors (Lipinski definition) is 3. The first kappa shape index (κ1) is 13.0. The van der Waals surface area contributed by atoms with Crippen LogP contribution in [0.5, 0.6) is 0 Å². The van der Waals surface area contributed by atoms with Gasteiger partial charge in [-0.15, -0.1) is 0 Å². The third-order valence-electron chi connectivity index (χ3n) is 2.81. The van der Waals surface area contributed by atoms with Gasteiger partial charge in [-0.25, -0.2) is 4.39 Å².